The summed E-state index contributed by atoms with van der Waals surface area (Å²) < 4.78 is 5.21. The van der Waals surface area contributed by atoms with E-state index in [0.717, 1.165) is 5.56 Å². The normalized spacial score (nSPS) is 11.6. The molecule has 0 unspecified atom stereocenters. The number of carbonyl (C=O) groups is 2. The number of nitrogens with zero attached hydrogens (tertiary/aromatic N) is 1. The average molecular weight is 504 g/mol. The number of aromatic nitrogens is 1. The third-order valence-electron chi connectivity index (χ3n) is 5.71. The Bertz CT molecular complexity index is 1470. The van der Waals surface area contributed by atoms with Gasteiger partial charge in [0.2, 0.25) is 0 Å². The SMILES string of the molecule is COc1ccc(CNc2cc(C(=O)Nc3ccc(Cl)cc3)nc3c2C(=O)c2ccccc2-3)cc1Cl. The van der Waals surface area contributed by atoms with Crippen molar-refractivity contribution >= 4 is 46.3 Å². The summed E-state index contributed by atoms with van der Waals surface area (Å²) in [7, 11) is 1.55. The third-order valence-corrected chi connectivity index (χ3v) is 6.25. The van der Waals surface area contributed by atoms with Gasteiger partial charge in [0.1, 0.15) is 11.4 Å². The Balaban J connectivity index is 1.51. The first-order chi connectivity index (χ1) is 16.9. The van der Waals surface area contributed by atoms with Crippen molar-refractivity contribution in [3.05, 3.63) is 105 Å². The van der Waals surface area contributed by atoms with Gasteiger partial charge in [0.25, 0.3) is 5.91 Å². The molecule has 3 aromatic carbocycles. The van der Waals surface area contributed by atoms with Crippen molar-refractivity contribution in [2.24, 2.45) is 0 Å². The highest BCUT2D eigenvalue weighted by Crippen LogP contribution is 2.39. The molecule has 0 bridgehead atoms. The molecule has 1 aliphatic carbocycles. The highest BCUT2D eigenvalue weighted by Gasteiger charge is 2.32. The van der Waals surface area contributed by atoms with Crippen molar-refractivity contribution in [3.63, 3.8) is 0 Å². The van der Waals surface area contributed by atoms with Crippen LogP contribution < -0.4 is 15.4 Å². The monoisotopic (exact) mass is 503 g/mol. The van der Waals surface area contributed by atoms with Gasteiger partial charge in [0.15, 0.2) is 5.78 Å². The van der Waals surface area contributed by atoms with Gasteiger partial charge in [-0.25, -0.2) is 4.98 Å². The Morgan fingerprint density at radius 1 is 0.971 bits per heavy atom. The van der Waals surface area contributed by atoms with Crippen LogP contribution in [0.2, 0.25) is 10.0 Å². The molecule has 1 aliphatic rings. The maximum absolute atomic E-state index is 13.2. The zero-order valence-electron chi connectivity index (χ0n) is 18.6. The fraction of sp³-hybridized carbons (Fsp3) is 0.0741. The minimum Gasteiger partial charge on any atom is -0.495 e. The van der Waals surface area contributed by atoms with Crippen molar-refractivity contribution in [2.45, 2.75) is 6.54 Å². The van der Waals surface area contributed by atoms with Gasteiger partial charge in [-0.2, -0.15) is 0 Å². The molecule has 1 heterocycles. The lowest BCUT2D eigenvalue weighted by molar-refractivity contribution is 0.101. The topological polar surface area (TPSA) is 80.3 Å². The van der Waals surface area contributed by atoms with Crippen LogP contribution in [-0.4, -0.2) is 23.8 Å². The molecule has 174 valence electrons. The average Bonchev–Trinajstić information content (AvgIpc) is 3.16. The number of benzene rings is 3. The first-order valence-electron chi connectivity index (χ1n) is 10.8. The Morgan fingerprint density at radius 3 is 2.43 bits per heavy atom. The molecule has 0 saturated heterocycles. The quantitative estimate of drug-likeness (QED) is 0.277. The highest BCUT2D eigenvalue weighted by molar-refractivity contribution is 6.32. The van der Waals surface area contributed by atoms with E-state index in [0.29, 0.717) is 56.1 Å². The van der Waals surface area contributed by atoms with E-state index in [9.17, 15) is 9.59 Å². The van der Waals surface area contributed by atoms with Crippen LogP contribution in [0.4, 0.5) is 11.4 Å². The molecule has 6 nitrogen and oxygen atoms in total. The second-order valence-corrected chi connectivity index (χ2v) is 8.78. The summed E-state index contributed by atoms with van der Waals surface area (Å²) in [5.74, 6) is 0.0394. The van der Waals surface area contributed by atoms with Gasteiger partial charge in [0, 0.05) is 28.4 Å². The second-order valence-electron chi connectivity index (χ2n) is 7.94. The van der Waals surface area contributed by atoms with E-state index >= 15 is 0 Å². The number of methoxy groups -OCH3 is 1. The summed E-state index contributed by atoms with van der Waals surface area (Å²) in [5.41, 5.74) is 4.34. The molecular weight excluding hydrogens is 485 g/mol. The highest BCUT2D eigenvalue weighted by atomic mass is 35.5. The number of halogens is 2. The molecule has 8 heteroatoms. The van der Waals surface area contributed by atoms with E-state index in [1.807, 2.05) is 24.3 Å². The summed E-state index contributed by atoms with van der Waals surface area (Å²) >= 11 is 12.2. The molecule has 0 fully saturated rings. The predicted molar refractivity (Wildman–Crippen MR) is 138 cm³/mol. The molecule has 5 rings (SSSR count). The molecule has 0 spiro atoms. The maximum atomic E-state index is 13.2. The Morgan fingerprint density at radius 2 is 1.71 bits per heavy atom. The van der Waals surface area contributed by atoms with Crippen LogP contribution in [0.15, 0.2) is 72.8 Å². The fourth-order valence-corrected chi connectivity index (χ4v) is 4.40. The third kappa shape index (κ3) is 4.46. The van der Waals surface area contributed by atoms with Gasteiger partial charge in [-0.3, -0.25) is 9.59 Å². The molecular formula is C27H19Cl2N3O3. The van der Waals surface area contributed by atoms with E-state index < -0.39 is 5.91 Å². The van der Waals surface area contributed by atoms with Crippen LogP contribution in [0.5, 0.6) is 5.75 Å². The molecule has 4 aromatic rings. The van der Waals surface area contributed by atoms with E-state index in [-0.39, 0.29) is 11.5 Å². The molecule has 2 N–H and O–H groups in total. The van der Waals surface area contributed by atoms with Crippen molar-refractivity contribution in [1.29, 1.82) is 0 Å². The van der Waals surface area contributed by atoms with Crippen molar-refractivity contribution < 1.29 is 14.3 Å². The molecule has 0 atom stereocenters. The Kier molecular flexibility index (Phi) is 6.16. The Hall–Kier alpha value is -3.87. The van der Waals surface area contributed by atoms with Crippen molar-refractivity contribution in [1.82, 2.24) is 4.98 Å². The van der Waals surface area contributed by atoms with E-state index in [1.54, 1.807) is 55.6 Å². The van der Waals surface area contributed by atoms with Gasteiger partial charge in [0.05, 0.1) is 29.1 Å². The van der Waals surface area contributed by atoms with E-state index in [4.69, 9.17) is 27.9 Å². The number of carbonyl (C=O) groups excluding carboxylic acids is 2. The van der Waals surface area contributed by atoms with Crippen molar-refractivity contribution in [3.8, 4) is 17.0 Å². The summed E-state index contributed by atoms with van der Waals surface area (Å²) in [6.45, 7) is 0.377. The van der Waals surface area contributed by atoms with Gasteiger partial charge in [-0.15, -0.1) is 0 Å². The van der Waals surface area contributed by atoms with Crippen LogP contribution >= 0.6 is 23.2 Å². The number of fused-ring (bicyclic) bond motifs is 3. The number of ketones is 1. The van der Waals surface area contributed by atoms with Crippen LogP contribution in [0.25, 0.3) is 11.3 Å². The van der Waals surface area contributed by atoms with E-state index in [1.165, 1.54) is 0 Å². The lowest BCUT2D eigenvalue weighted by Gasteiger charge is -2.14. The fourth-order valence-electron chi connectivity index (χ4n) is 3.99. The maximum Gasteiger partial charge on any atom is 0.274 e. The molecule has 0 aliphatic heterocycles. The first-order valence-corrected chi connectivity index (χ1v) is 11.5. The second kappa shape index (κ2) is 9.41. The number of rotatable bonds is 6. The molecule has 1 amide bonds. The van der Waals surface area contributed by atoms with Gasteiger partial charge in [-0.1, -0.05) is 53.5 Å². The number of anilines is 2. The lowest BCUT2D eigenvalue weighted by atomic mass is 10.1. The first kappa shape index (κ1) is 22.9. The van der Waals surface area contributed by atoms with Crippen LogP contribution in [-0.2, 0) is 6.54 Å². The largest absolute Gasteiger partial charge is 0.495 e. The number of amides is 1. The number of pyridine rings is 1. The van der Waals surface area contributed by atoms with Crippen LogP contribution in [0.1, 0.15) is 32.0 Å². The number of hydrogen-bond acceptors (Lipinski definition) is 5. The summed E-state index contributed by atoms with van der Waals surface area (Å²) in [6, 6.07) is 21.1. The number of hydrogen-bond donors (Lipinski definition) is 2. The summed E-state index contributed by atoms with van der Waals surface area (Å²) in [4.78, 5) is 30.9. The number of nitrogens with one attached hydrogen (secondary N) is 2. The van der Waals surface area contributed by atoms with Crippen LogP contribution in [0.3, 0.4) is 0 Å². The zero-order valence-corrected chi connectivity index (χ0v) is 20.1. The molecule has 1 aromatic heterocycles. The standard InChI is InChI=1S/C27H19Cl2N3O3/c1-35-23-11-6-15(12-20(23)29)14-30-21-13-22(27(34)31-17-9-7-16(28)8-10-17)32-25-18-4-2-3-5-19(18)26(33)24(21)25/h2-13H,14H2,1H3,(H,30,32)(H,31,34). The van der Waals surface area contributed by atoms with E-state index in [2.05, 4.69) is 15.6 Å². The van der Waals surface area contributed by atoms with Crippen molar-refractivity contribution in [2.75, 3.05) is 17.7 Å². The van der Waals surface area contributed by atoms with Gasteiger partial charge < -0.3 is 15.4 Å². The van der Waals surface area contributed by atoms with Gasteiger partial charge >= 0.3 is 0 Å². The molecule has 35 heavy (non-hydrogen) atoms. The summed E-state index contributed by atoms with van der Waals surface area (Å²) in [5, 5.41) is 7.18. The minimum atomic E-state index is -0.400. The van der Waals surface area contributed by atoms with Gasteiger partial charge in [-0.05, 0) is 48.0 Å². The predicted octanol–water partition coefficient (Wildman–Crippen LogP) is 6.47. The summed E-state index contributed by atoms with van der Waals surface area (Å²) in [6.07, 6.45) is 0. The zero-order chi connectivity index (χ0) is 24.5. The number of ether oxygens (including phenoxy) is 1. The van der Waals surface area contributed by atoms with Crippen LogP contribution in [0, 0.1) is 0 Å². The minimum absolute atomic E-state index is 0.136. The molecule has 0 saturated carbocycles. The lowest BCUT2D eigenvalue weighted by Crippen LogP contribution is -2.16. The smallest absolute Gasteiger partial charge is 0.274 e. The molecule has 0 radical (unpaired) electrons. The Labute approximate surface area is 211 Å².